The lowest BCUT2D eigenvalue weighted by atomic mass is 9.95. The van der Waals surface area contributed by atoms with Crippen molar-refractivity contribution in [1.82, 2.24) is 21.3 Å². The predicted molar refractivity (Wildman–Crippen MR) is 241 cm³/mol. The molecular weight excluding hydrogens is 769 g/mol. The minimum absolute atomic E-state index is 0.412. The summed E-state index contributed by atoms with van der Waals surface area (Å²) in [7, 11) is -9.15. The number of guanidine groups is 2. The van der Waals surface area contributed by atoms with Crippen LogP contribution in [0.2, 0.25) is 25.2 Å². The van der Waals surface area contributed by atoms with Crippen molar-refractivity contribution < 1.29 is 25.9 Å². The molecule has 4 saturated carbocycles. The molecule has 0 unspecified atom stereocenters. The largest absolute Gasteiger partial charge is 0.492 e. The number of hydrogen-bond donors (Lipinski definition) is 4. The lowest BCUT2D eigenvalue weighted by molar-refractivity contribution is 0.0803. The Morgan fingerprint density at radius 3 is 1.32 bits per heavy atom. The van der Waals surface area contributed by atoms with Gasteiger partial charge in [0.1, 0.15) is 0 Å². The fourth-order valence-electron chi connectivity index (χ4n) is 9.22. The van der Waals surface area contributed by atoms with Crippen LogP contribution in [0.25, 0.3) is 0 Å². The summed E-state index contributed by atoms with van der Waals surface area (Å²) in [6.45, 7) is 15.8. The van der Waals surface area contributed by atoms with Crippen LogP contribution in [0.15, 0.2) is 9.98 Å². The number of nitrogens with zero attached hydrogens (tertiary/aromatic N) is 2. The normalized spacial score (nSPS) is 20.4. The number of nitrogens with one attached hydrogen (secondary N) is 4. The van der Waals surface area contributed by atoms with Crippen LogP contribution >= 0.6 is 0 Å². The summed E-state index contributed by atoms with van der Waals surface area (Å²) in [5.41, 5.74) is 0. The summed E-state index contributed by atoms with van der Waals surface area (Å²) in [6.07, 6.45) is 27.1. The molecule has 4 fully saturated rings. The molecule has 0 spiro atoms. The molecule has 0 atom stereocenters. The van der Waals surface area contributed by atoms with Crippen molar-refractivity contribution in [2.24, 2.45) is 9.98 Å². The number of aliphatic imine (C=N–C) groups is 2. The van der Waals surface area contributed by atoms with Gasteiger partial charge in [0, 0.05) is 69.7 Å². The summed E-state index contributed by atoms with van der Waals surface area (Å²) in [6, 6.07) is 3.30. The maximum Gasteiger partial charge on any atom is 0.492 e. The van der Waals surface area contributed by atoms with Crippen molar-refractivity contribution >= 4 is 38.1 Å². The van der Waals surface area contributed by atoms with Crippen molar-refractivity contribution in [2.75, 3.05) is 39.5 Å². The van der Waals surface area contributed by atoms with E-state index < -0.39 is 26.2 Å². The summed E-state index contributed by atoms with van der Waals surface area (Å²) in [5, 5.41) is 15.1. The quantitative estimate of drug-likeness (QED) is 0.0324. The SMILES string of the molecule is CCO[Si](CCCN=C(NC1CCCCC1)NC1CCCCC1)(OCC)O[Si](C)(C)O[Si](CCCNC(=NC1CCCCC1)NC1CCCCC1)(OCC)OCC. The first-order valence-electron chi connectivity index (χ1n) is 23.8. The van der Waals surface area contributed by atoms with Gasteiger partial charge in [-0.25, -0.2) is 4.99 Å². The van der Waals surface area contributed by atoms with Crippen LogP contribution in [-0.4, -0.2) is 102 Å². The van der Waals surface area contributed by atoms with E-state index in [9.17, 15) is 0 Å². The molecule has 0 bridgehead atoms. The van der Waals surface area contributed by atoms with Gasteiger partial charge in [0.15, 0.2) is 11.9 Å². The minimum atomic E-state index is -3.13. The van der Waals surface area contributed by atoms with E-state index in [0.29, 0.717) is 69.2 Å². The van der Waals surface area contributed by atoms with Crippen LogP contribution in [0.1, 0.15) is 169 Å². The van der Waals surface area contributed by atoms with Gasteiger partial charge in [-0.3, -0.25) is 4.99 Å². The third kappa shape index (κ3) is 18.6. The zero-order chi connectivity index (χ0) is 40.7. The summed E-state index contributed by atoms with van der Waals surface area (Å²) < 4.78 is 40.2. The van der Waals surface area contributed by atoms with Gasteiger partial charge in [0.05, 0.1) is 6.04 Å². The molecule has 12 nitrogen and oxygen atoms in total. The van der Waals surface area contributed by atoms with Crippen molar-refractivity contribution in [1.29, 1.82) is 0 Å². The summed E-state index contributed by atoms with van der Waals surface area (Å²) in [4.78, 5) is 10.4. The minimum Gasteiger partial charge on any atom is -0.394 e. The van der Waals surface area contributed by atoms with Crippen LogP contribution in [0.4, 0.5) is 0 Å². The molecule has 0 amide bonds. The fraction of sp³-hybridized carbons (Fsp3) is 0.952. The van der Waals surface area contributed by atoms with Crippen molar-refractivity contribution in [3.05, 3.63) is 0 Å². The van der Waals surface area contributed by atoms with E-state index in [1.54, 1.807) is 0 Å². The predicted octanol–water partition coefficient (Wildman–Crippen LogP) is 8.93. The Morgan fingerprint density at radius 1 is 0.509 bits per heavy atom. The van der Waals surface area contributed by atoms with Gasteiger partial charge < -0.3 is 47.2 Å². The molecule has 4 aliphatic carbocycles. The molecule has 0 aromatic carbocycles. The first-order chi connectivity index (χ1) is 27.7. The molecule has 15 heteroatoms. The average Bonchev–Trinajstić information content (AvgIpc) is 3.20. The summed E-state index contributed by atoms with van der Waals surface area (Å²) >= 11 is 0. The van der Waals surface area contributed by atoms with E-state index in [0.717, 1.165) is 31.3 Å². The van der Waals surface area contributed by atoms with E-state index in [1.165, 1.54) is 128 Å². The molecule has 0 radical (unpaired) electrons. The van der Waals surface area contributed by atoms with E-state index in [-0.39, 0.29) is 0 Å². The Kier molecular flexibility index (Phi) is 23.0. The molecule has 4 rings (SSSR count). The van der Waals surface area contributed by atoms with Gasteiger partial charge in [0.25, 0.3) is 0 Å². The average molecular weight is 855 g/mol. The Labute approximate surface area is 351 Å². The van der Waals surface area contributed by atoms with Crippen molar-refractivity contribution in [3.63, 3.8) is 0 Å². The number of rotatable bonds is 24. The molecule has 4 aliphatic rings. The van der Waals surface area contributed by atoms with Crippen LogP contribution in [0, 0.1) is 0 Å². The lowest BCUT2D eigenvalue weighted by Gasteiger charge is -2.40. The first-order valence-corrected chi connectivity index (χ1v) is 30.5. The van der Waals surface area contributed by atoms with E-state index >= 15 is 0 Å². The van der Waals surface area contributed by atoms with Gasteiger partial charge >= 0.3 is 26.2 Å². The van der Waals surface area contributed by atoms with Crippen LogP contribution in [0.3, 0.4) is 0 Å². The molecule has 0 aromatic rings. The molecule has 0 saturated heterocycles. The Bertz CT molecular complexity index is 1100. The first kappa shape index (κ1) is 48.6. The highest BCUT2D eigenvalue weighted by Crippen LogP contribution is 2.30. The standard InChI is InChI=1S/C42H86N6O6Si3/c1-7-49-56(50-8-2,35-23-33-43-41(45-37-25-15-11-16-26-37)46-38-27-17-12-18-28-38)53-55(5,6)54-57(51-9-3,52-10-4)36-24-34-44-42(47-39-29-19-13-20-30-39)48-40-31-21-14-22-32-40/h37-40H,7-36H2,1-6H3,(H2,43,45,46)(H2,44,47,48). The Morgan fingerprint density at radius 2 is 0.895 bits per heavy atom. The molecule has 0 aromatic heterocycles. The lowest BCUT2D eigenvalue weighted by Crippen LogP contribution is -2.60. The maximum atomic E-state index is 7.08. The highest BCUT2D eigenvalue weighted by molar-refractivity contribution is 6.82. The smallest absolute Gasteiger partial charge is 0.394 e. The maximum absolute atomic E-state index is 7.08. The second-order valence-electron chi connectivity index (χ2n) is 17.3. The van der Waals surface area contributed by atoms with E-state index in [4.69, 9.17) is 35.9 Å². The fourth-order valence-corrected chi connectivity index (χ4v) is 21.2. The monoisotopic (exact) mass is 855 g/mol. The zero-order valence-corrected chi connectivity index (χ0v) is 40.4. The molecule has 0 heterocycles. The summed E-state index contributed by atoms with van der Waals surface area (Å²) in [5.74, 6) is 1.95. The third-order valence-electron chi connectivity index (χ3n) is 11.8. The third-order valence-corrected chi connectivity index (χ3v) is 23.1. The molecule has 0 aliphatic heterocycles. The van der Waals surface area contributed by atoms with Crippen LogP contribution in [-0.2, 0) is 25.9 Å². The molecule has 57 heavy (non-hydrogen) atoms. The van der Waals surface area contributed by atoms with Crippen LogP contribution < -0.4 is 21.3 Å². The molecule has 332 valence electrons. The zero-order valence-electron chi connectivity index (χ0n) is 37.4. The molecular formula is C42H86N6O6Si3. The molecule has 4 N–H and O–H groups in total. The topological polar surface area (TPSA) is 128 Å². The van der Waals surface area contributed by atoms with Gasteiger partial charge in [-0.2, -0.15) is 0 Å². The van der Waals surface area contributed by atoms with Crippen LogP contribution in [0.5, 0.6) is 0 Å². The van der Waals surface area contributed by atoms with E-state index in [2.05, 4.69) is 34.4 Å². The Hall–Kier alpha value is -1.05. The van der Waals surface area contributed by atoms with Crippen molar-refractivity contribution in [3.8, 4) is 0 Å². The Balaban J connectivity index is 1.39. The highest BCUT2D eigenvalue weighted by atomic mass is 28.5. The van der Waals surface area contributed by atoms with Gasteiger partial charge in [-0.15, -0.1) is 0 Å². The highest BCUT2D eigenvalue weighted by Gasteiger charge is 2.52. The number of hydrogen-bond acceptors (Lipinski definition) is 8. The van der Waals surface area contributed by atoms with Crippen molar-refractivity contribution in [2.45, 2.75) is 218 Å². The van der Waals surface area contributed by atoms with Gasteiger partial charge in [0.2, 0.25) is 0 Å². The second kappa shape index (κ2) is 27.0. The second-order valence-corrected chi connectivity index (χ2v) is 26.6. The van der Waals surface area contributed by atoms with Gasteiger partial charge in [-0.1, -0.05) is 77.0 Å². The van der Waals surface area contributed by atoms with Gasteiger partial charge in [-0.05, 0) is 105 Å². The van der Waals surface area contributed by atoms with E-state index in [1.807, 2.05) is 27.7 Å².